The predicted molar refractivity (Wildman–Crippen MR) is 71.0 cm³/mol. The first-order valence-corrected chi connectivity index (χ1v) is 6.03. The number of hydrogen-bond donors (Lipinski definition) is 1. The highest BCUT2D eigenvalue weighted by molar-refractivity contribution is 5.94. The minimum atomic E-state index is -0.166. The topological polar surface area (TPSA) is 41.5 Å². The molecule has 0 bridgehead atoms. The maximum Gasteiger partial charge on any atom is 0.271 e. The molecule has 0 aliphatic carbocycles. The van der Waals surface area contributed by atoms with E-state index in [9.17, 15) is 4.79 Å². The fraction of sp³-hybridized carbons (Fsp3) is 0.429. The van der Waals surface area contributed by atoms with Crippen LogP contribution in [0.25, 0.3) is 0 Å². The quantitative estimate of drug-likeness (QED) is 0.615. The zero-order chi connectivity index (χ0) is 12.7. The van der Waals surface area contributed by atoms with Crippen molar-refractivity contribution in [1.82, 2.24) is 5.43 Å². The summed E-state index contributed by atoms with van der Waals surface area (Å²) in [4.78, 5) is 11.7. The molecule has 1 N–H and O–H groups in total. The lowest BCUT2D eigenvalue weighted by molar-refractivity contribution is 0.0955. The van der Waals surface area contributed by atoms with Gasteiger partial charge in [-0.05, 0) is 30.4 Å². The number of benzene rings is 1. The maximum absolute atomic E-state index is 11.7. The highest BCUT2D eigenvalue weighted by Crippen LogP contribution is 2.11. The Morgan fingerprint density at radius 1 is 1.35 bits per heavy atom. The number of carbonyl (C=O) groups is 1. The smallest absolute Gasteiger partial charge is 0.267 e. The molecule has 1 aromatic carbocycles. The molecule has 1 atom stereocenters. The Morgan fingerprint density at radius 2 is 2.00 bits per heavy atom. The summed E-state index contributed by atoms with van der Waals surface area (Å²) in [5.41, 5.74) is 3.18. The summed E-state index contributed by atoms with van der Waals surface area (Å²) >= 11 is 0. The lowest BCUT2D eigenvalue weighted by Crippen LogP contribution is -2.19. The summed E-state index contributed by atoms with van der Waals surface area (Å²) in [5.74, 6) is 0.781. The molecule has 0 aliphatic rings. The molecule has 17 heavy (non-hydrogen) atoms. The molecule has 0 spiro atoms. The van der Waals surface area contributed by atoms with Crippen LogP contribution < -0.4 is 5.43 Å². The van der Waals surface area contributed by atoms with Crippen molar-refractivity contribution in [3.8, 4) is 0 Å². The Hall–Kier alpha value is -1.64. The van der Waals surface area contributed by atoms with Crippen LogP contribution in [0, 0.1) is 11.8 Å². The first kappa shape index (κ1) is 13.4. The number of amides is 1. The maximum atomic E-state index is 11.7. The van der Waals surface area contributed by atoms with Crippen LogP contribution in [0.4, 0.5) is 0 Å². The van der Waals surface area contributed by atoms with Gasteiger partial charge in [-0.25, -0.2) is 5.43 Å². The molecule has 3 heteroatoms. The lowest BCUT2D eigenvalue weighted by Gasteiger charge is -2.12. The standard InChI is InChI=1S/C14H20N2O/c1-4-12(11(2)3)10-15-16-14(17)13-8-6-5-7-9-13/h5-12H,4H2,1-3H3,(H,16,17)/b15-10+/t12-/m0/s1. The van der Waals surface area contributed by atoms with E-state index in [4.69, 9.17) is 0 Å². The van der Waals surface area contributed by atoms with Gasteiger partial charge in [0, 0.05) is 11.8 Å². The number of hydrogen-bond acceptors (Lipinski definition) is 2. The summed E-state index contributed by atoms with van der Waals surface area (Å²) in [6.45, 7) is 6.42. The van der Waals surface area contributed by atoms with E-state index in [0.29, 0.717) is 17.4 Å². The molecule has 0 aromatic heterocycles. The fourth-order valence-electron chi connectivity index (χ4n) is 1.59. The number of carbonyl (C=O) groups excluding carboxylic acids is 1. The summed E-state index contributed by atoms with van der Waals surface area (Å²) in [7, 11) is 0. The van der Waals surface area contributed by atoms with Crippen molar-refractivity contribution in [2.45, 2.75) is 27.2 Å². The van der Waals surface area contributed by atoms with Crippen LogP contribution in [0.2, 0.25) is 0 Å². The molecule has 0 unspecified atom stereocenters. The molecule has 1 rings (SSSR count). The van der Waals surface area contributed by atoms with E-state index in [-0.39, 0.29) is 5.91 Å². The minimum absolute atomic E-state index is 0.166. The zero-order valence-corrected chi connectivity index (χ0v) is 10.7. The number of hydrazone groups is 1. The van der Waals surface area contributed by atoms with E-state index < -0.39 is 0 Å². The van der Waals surface area contributed by atoms with Gasteiger partial charge in [-0.1, -0.05) is 39.0 Å². The third-order valence-electron chi connectivity index (χ3n) is 2.80. The summed E-state index contributed by atoms with van der Waals surface area (Å²) in [6.07, 6.45) is 2.86. The molecule has 0 radical (unpaired) electrons. The van der Waals surface area contributed by atoms with Crippen LogP contribution in [-0.2, 0) is 0 Å². The third kappa shape index (κ3) is 4.39. The molecule has 0 aliphatic heterocycles. The van der Waals surface area contributed by atoms with E-state index in [1.54, 1.807) is 12.1 Å². The van der Waals surface area contributed by atoms with Crippen molar-refractivity contribution < 1.29 is 4.79 Å². The third-order valence-corrected chi connectivity index (χ3v) is 2.80. The van der Waals surface area contributed by atoms with E-state index >= 15 is 0 Å². The van der Waals surface area contributed by atoms with Crippen LogP contribution in [0.5, 0.6) is 0 Å². The molecule has 0 heterocycles. The van der Waals surface area contributed by atoms with Gasteiger partial charge in [0.05, 0.1) is 0 Å². The van der Waals surface area contributed by atoms with E-state index in [2.05, 4.69) is 31.3 Å². The van der Waals surface area contributed by atoms with Gasteiger partial charge in [-0.15, -0.1) is 0 Å². The Morgan fingerprint density at radius 3 is 2.53 bits per heavy atom. The predicted octanol–water partition coefficient (Wildman–Crippen LogP) is 3.08. The molecule has 3 nitrogen and oxygen atoms in total. The Balaban J connectivity index is 2.51. The zero-order valence-electron chi connectivity index (χ0n) is 10.7. The van der Waals surface area contributed by atoms with Crippen LogP contribution in [0.3, 0.4) is 0 Å². The van der Waals surface area contributed by atoms with Crippen LogP contribution in [0.15, 0.2) is 35.4 Å². The van der Waals surface area contributed by atoms with Crippen LogP contribution in [-0.4, -0.2) is 12.1 Å². The van der Waals surface area contributed by atoms with Crippen molar-refractivity contribution in [3.63, 3.8) is 0 Å². The van der Waals surface area contributed by atoms with Gasteiger partial charge < -0.3 is 0 Å². The molecule has 1 amide bonds. The Labute approximate surface area is 103 Å². The molecular formula is C14H20N2O. The second-order valence-electron chi connectivity index (χ2n) is 4.40. The van der Waals surface area contributed by atoms with Gasteiger partial charge in [-0.3, -0.25) is 4.79 Å². The normalized spacial score (nSPS) is 12.9. The molecule has 0 saturated heterocycles. The Bertz CT molecular complexity index is 371. The average Bonchev–Trinajstić information content (AvgIpc) is 2.35. The van der Waals surface area contributed by atoms with Gasteiger partial charge >= 0.3 is 0 Å². The highest BCUT2D eigenvalue weighted by atomic mass is 16.2. The largest absolute Gasteiger partial charge is 0.271 e. The minimum Gasteiger partial charge on any atom is -0.267 e. The molecule has 0 saturated carbocycles. The fourth-order valence-corrected chi connectivity index (χ4v) is 1.59. The first-order valence-electron chi connectivity index (χ1n) is 6.03. The highest BCUT2D eigenvalue weighted by Gasteiger charge is 2.08. The van der Waals surface area contributed by atoms with E-state index in [1.807, 2.05) is 24.4 Å². The van der Waals surface area contributed by atoms with E-state index in [0.717, 1.165) is 6.42 Å². The summed E-state index contributed by atoms with van der Waals surface area (Å²) in [5, 5.41) is 4.02. The number of rotatable bonds is 5. The molecule has 1 aromatic rings. The van der Waals surface area contributed by atoms with Crippen molar-refractivity contribution in [1.29, 1.82) is 0 Å². The van der Waals surface area contributed by atoms with Crippen molar-refractivity contribution in [2.75, 3.05) is 0 Å². The summed E-state index contributed by atoms with van der Waals surface area (Å²) in [6, 6.07) is 9.09. The SMILES string of the molecule is CC[C@@H](/C=N/NC(=O)c1ccccc1)C(C)C. The lowest BCUT2D eigenvalue weighted by atomic mass is 9.95. The molecule has 92 valence electrons. The average molecular weight is 232 g/mol. The van der Waals surface area contributed by atoms with Gasteiger partial charge in [0.15, 0.2) is 0 Å². The van der Waals surface area contributed by atoms with Crippen molar-refractivity contribution in [3.05, 3.63) is 35.9 Å². The van der Waals surface area contributed by atoms with Crippen LogP contribution in [0.1, 0.15) is 37.6 Å². The second-order valence-corrected chi connectivity index (χ2v) is 4.40. The first-order chi connectivity index (χ1) is 8.15. The number of nitrogens with one attached hydrogen (secondary N) is 1. The number of nitrogens with zero attached hydrogens (tertiary/aromatic N) is 1. The van der Waals surface area contributed by atoms with Gasteiger partial charge in [-0.2, -0.15) is 5.10 Å². The molecular weight excluding hydrogens is 212 g/mol. The van der Waals surface area contributed by atoms with E-state index in [1.165, 1.54) is 0 Å². The van der Waals surface area contributed by atoms with Gasteiger partial charge in [0.1, 0.15) is 0 Å². The monoisotopic (exact) mass is 232 g/mol. The van der Waals surface area contributed by atoms with Gasteiger partial charge in [0.2, 0.25) is 0 Å². The van der Waals surface area contributed by atoms with Crippen molar-refractivity contribution in [2.24, 2.45) is 16.9 Å². The van der Waals surface area contributed by atoms with Crippen molar-refractivity contribution >= 4 is 12.1 Å². The Kier molecular flexibility index (Phi) is 5.40. The summed E-state index contributed by atoms with van der Waals surface area (Å²) < 4.78 is 0. The second kappa shape index (κ2) is 6.84. The molecule has 0 fully saturated rings. The van der Waals surface area contributed by atoms with Gasteiger partial charge in [0.25, 0.3) is 5.91 Å². The van der Waals surface area contributed by atoms with Crippen LogP contribution >= 0.6 is 0 Å².